The Bertz CT molecular complexity index is 676. The highest BCUT2D eigenvalue weighted by atomic mass is 35.5. The number of carbonyl (C=O) groups is 1. The van der Waals surface area contributed by atoms with Gasteiger partial charge in [-0.3, -0.25) is 9.48 Å². The van der Waals surface area contributed by atoms with Crippen molar-refractivity contribution >= 4 is 23.2 Å². The first kappa shape index (κ1) is 15.6. The van der Waals surface area contributed by atoms with Crippen LogP contribution in [0.4, 0.5) is 5.69 Å². The highest BCUT2D eigenvalue weighted by Gasteiger charge is 2.20. The van der Waals surface area contributed by atoms with E-state index in [4.69, 9.17) is 11.6 Å². The number of rotatable bonds is 4. The second-order valence-corrected chi connectivity index (χ2v) is 5.63. The lowest BCUT2D eigenvalue weighted by Crippen LogP contribution is -2.17. The fraction of sp³-hybridized carbons (Fsp3) is 0.375. The summed E-state index contributed by atoms with van der Waals surface area (Å²) in [5, 5.41) is 7.69. The van der Waals surface area contributed by atoms with Gasteiger partial charge in [0.25, 0.3) is 5.91 Å². The van der Waals surface area contributed by atoms with E-state index in [1.54, 1.807) is 11.7 Å². The van der Waals surface area contributed by atoms with Gasteiger partial charge in [-0.05, 0) is 37.5 Å². The van der Waals surface area contributed by atoms with Crippen molar-refractivity contribution in [3.8, 4) is 0 Å². The molecule has 4 nitrogen and oxygen atoms in total. The van der Waals surface area contributed by atoms with Crippen LogP contribution in [0.1, 0.15) is 40.7 Å². The maximum Gasteiger partial charge on any atom is 0.275 e. The first-order chi connectivity index (χ1) is 9.93. The van der Waals surface area contributed by atoms with Gasteiger partial charge >= 0.3 is 0 Å². The van der Waals surface area contributed by atoms with Crippen LogP contribution in [0.3, 0.4) is 0 Å². The Morgan fingerprint density at radius 2 is 2.10 bits per heavy atom. The Hall–Kier alpha value is -1.81. The Balaban J connectivity index is 2.30. The van der Waals surface area contributed by atoms with Gasteiger partial charge in [0, 0.05) is 12.7 Å². The van der Waals surface area contributed by atoms with E-state index in [2.05, 4.69) is 17.3 Å². The van der Waals surface area contributed by atoms with E-state index < -0.39 is 0 Å². The van der Waals surface area contributed by atoms with E-state index in [-0.39, 0.29) is 5.91 Å². The molecule has 0 unspecified atom stereocenters. The Labute approximate surface area is 130 Å². The van der Waals surface area contributed by atoms with Gasteiger partial charge in [0.1, 0.15) is 5.69 Å². The molecule has 2 rings (SSSR count). The molecular formula is C16H20ClN3O. The van der Waals surface area contributed by atoms with Gasteiger partial charge < -0.3 is 5.32 Å². The monoisotopic (exact) mass is 305 g/mol. The van der Waals surface area contributed by atoms with Crippen LogP contribution in [0.2, 0.25) is 5.02 Å². The molecule has 2 aromatic rings. The quantitative estimate of drug-likeness (QED) is 0.931. The van der Waals surface area contributed by atoms with Gasteiger partial charge in [-0.2, -0.15) is 5.10 Å². The van der Waals surface area contributed by atoms with Crippen LogP contribution >= 0.6 is 11.6 Å². The molecule has 1 amide bonds. The first-order valence-corrected chi connectivity index (χ1v) is 7.41. The van der Waals surface area contributed by atoms with Gasteiger partial charge in [0.05, 0.1) is 10.7 Å². The van der Waals surface area contributed by atoms with E-state index in [9.17, 15) is 4.79 Å². The van der Waals surface area contributed by atoms with Gasteiger partial charge in [-0.25, -0.2) is 0 Å². The van der Waals surface area contributed by atoms with Gasteiger partial charge in [0.15, 0.2) is 0 Å². The summed E-state index contributed by atoms with van der Waals surface area (Å²) in [5.74, 6) is -0.231. The summed E-state index contributed by atoms with van der Waals surface area (Å²) >= 11 is 6.30. The molecule has 0 radical (unpaired) electrons. The van der Waals surface area contributed by atoms with Crippen LogP contribution in [0, 0.1) is 13.8 Å². The van der Waals surface area contributed by atoms with Crippen molar-refractivity contribution in [1.82, 2.24) is 9.78 Å². The van der Waals surface area contributed by atoms with Crippen molar-refractivity contribution < 1.29 is 4.79 Å². The third-order valence-corrected chi connectivity index (χ3v) is 3.80. The molecule has 0 aliphatic heterocycles. The molecule has 0 fully saturated rings. The van der Waals surface area contributed by atoms with E-state index in [1.807, 2.05) is 32.0 Å². The molecule has 0 spiro atoms. The van der Waals surface area contributed by atoms with Crippen LogP contribution in [0.5, 0.6) is 0 Å². The lowest BCUT2D eigenvalue weighted by Gasteiger charge is -2.09. The lowest BCUT2D eigenvalue weighted by atomic mass is 10.1. The Morgan fingerprint density at radius 1 is 1.38 bits per heavy atom. The fourth-order valence-corrected chi connectivity index (χ4v) is 2.59. The molecule has 0 atom stereocenters. The second kappa shape index (κ2) is 6.31. The maximum atomic E-state index is 12.5. The fourth-order valence-electron chi connectivity index (χ4n) is 2.25. The molecule has 0 saturated heterocycles. The Kier molecular flexibility index (Phi) is 4.68. The third kappa shape index (κ3) is 3.27. The summed E-state index contributed by atoms with van der Waals surface area (Å²) in [7, 11) is 1.74. The minimum absolute atomic E-state index is 0.231. The van der Waals surface area contributed by atoms with Crippen LogP contribution in [0.15, 0.2) is 18.2 Å². The van der Waals surface area contributed by atoms with E-state index in [0.717, 1.165) is 35.3 Å². The molecule has 0 bridgehead atoms. The number of benzene rings is 1. The minimum atomic E-state index is -0.231. The normalized spacial score (nSPS) is 10.7. The smallest absolute Gasteiger partial charge is 0.275 e. The average Bonchev–Trinajstić information content (AvgIpc) is 2.69. The van der Waals surface area contributed by atoms with Crippen molar-refractivity contribution in [3.05, 3.63) is 45.7 Å². The van der Waals surface area contributed by atoms with Crippen molar-refractivity contribution in [2.45, 2.75) is 33.6 Å². The summed E-state index contributed by atoms with van der Waals surface area (Å²) in [6.45, 7) is 6.01. The molecule has 21 heavy (non-hydrogen) atoms. The second-order valence-electron chi connectivity index (χ2n) is 5.26. The molecule has 0 aliphatic carbocycles. The summed E-state index contributed by atoms with van der Waals surface area (Å²) < 4.78 is 1.55. The van der Waals surface area contributed by atoms with Crippen molar-refractivity contribution in [2.75, 3.05) is 5.32 Å². The summed E-state index contributed by atoms with van der Waals surface area (Å²) in [6, 6.07) is 5.95. The number of hydrogen-bond acceptors (Lipinski definition) is 2. The van der Waals surface area contributed by atoms with Crippen LogP contribution in [0.25, 0.3) is 0 Å². The number of nitrogens with one attached hydrogen (secondary N) is 1. The number of aryl methyl sites for hydroxylation is 4. The molecule has 5 heteroatoms. The van der Waals surface area contributed by atoms with E-state index in [0.29, 0.717) is 10.7 Å². The molecule has 0 aliphatic rings. The topological polar surface area (TPSA) is 46.9 Å². The van der Waals surface area contributed by atoms with E-state index >= 15 is 0 Å². The predicted molar refractivity (Wildman–Crippen MR) is 86.1 cm³/mol. The van der Waals surface area contributed by atoms with Crippen LogP contribution in [-0.2, 0) is 13.5 Å². The first-order valence-electron chi connectivity index (χ1n) is 7.04. The lowest BCUT2D eigenvalue weighted by molar-refractivity contribution is 0.101. The zero-order valence-electron chi connectivity index (χ0n) is 12.8. The SMILES string of the molecule is CCCc1nn(C)c(C(=O)Nc2cc(C)ccc2C)c1Cl. The number of hydrogen-bond donors (Lipinski definition) is 1. The van der Waals surface area contributed by atoms with Crippen molar-refractivity contribution in [1.29, 1.82) is 0 Å². The standard InChI is InChI=1S/C16H20ClN3O/c1-5-6-12-14(17)15(20(4)19-12)16(21)18-13-9-10(2)7-8-11(13)3/h7-9H,5-6H2,1-4H3,(H,18,21). The van der Waals surface area contributed by atoms with Gasteiger partial charge in [0.2, 0.25) is 0 Å². The molecule has 112 valence electrons. The predicted octanol–water partition coefficient (Wildman–Crippen LogP) is 3.90. The highest BCUT2D eigenvalue weighted by molar-refractivity contribution is 6.34. The number of anilines is 1. The van der Waals surface area contributed by atoms with Crippen molar-refractivity contribution in [3.63, 3.8) is 0 Å². The largest absolute Gasteiger partial charge is 0.320 e. The average molecular weight is 306 g/mol. The van der Waals surface area contributed by atoms with Gasteiger partial charge in [-0.1, -0.05) is 37.1 Å². The van der Waals surface area contributed by atoms with Crippen LogP contribution < -0.4 is 5.32 Å². The molecule has 1 heterocycles. The number of amides is 1. The summed E-state index contributed by atoms with van der Waals surface area (Å²) in [4.78, 5) is 12.5. The molecular weight excluding hydrogens is 286 g/mol. The summed E-state index contributed by atoms with van der Waals surface area (Å²) in [6.07, 6.45) is 1.71. The molecule has 1 aromatic heterocycles. The van der Waals surface area contributed by atoms with E-state index in [1.165, 1.54) is 0 Å². The number of nitrogens with zero attached hydrogens (tertiary/aromatic N) is 2. The Morgan fingerprint density at radius 3 is 2.76 bits per heavy atom. The summed E-state index contributed by atoms with van der Waals surface area (Å²) in [5.41, 5.74) is 4.09. The zero-order chi connectivity index (χ0) is 15.6. The van der Waals surface area contributed by atoms with Gasteiger partial charge in [-0.15, -0.1) is 0 Å². The van der Waals surface area contributed by atoms with Crippen LogP contribution in [-0.4, -0.2) is 15.7 Å². The third-order valence-electron chi connectivity index (χ3n) is 3.40. The molecule has 1 N–H and O–H groups in total. The molecule has 0 saturated carbocycles. The number of halogens is 1. The maximum absolute atomic E-state index is 12.5. The number of aromatic nitrogens is 2. The highest BCUT2D eigenvalue weighted by Crippen LogP contribution is 2.24. The number of carbonyl (C=O) groups excluding carboxylic acids is 1. The molecule has 1 aromatic carbocycles. The minimum Gasteiger partial charge on any atom is -0.320 e. The van der Waals surface area contributed by atoms with Crippen molar-refractivity contribution in [2.24, 2.45) is 7.05 Å². The zero-order valence-corrected chi connectivity index (χ0v) is 13.6.